The molecule has 2 atom stereocenters. The minimum atomic E-state index is -0.505. The molecule has 2 aliphatic rings. The van der Waals surface area contributed by atoms with Crippen LogP contribution in [0.25, 0.3) is 0 Å². The van der Waals surface area contributed by atoms with Crippen molar-refractivity contribution in [1.82, 2.24) is 4.90 Å². The van der Waals surface area contributed by atoms with E-state index in [-0.39, 0.29) is 0 Å². The fraction of sp³-hybridized carbons (Fsp3) is 0.600. The number of anilines is 1. The van der Waals surface area contributed by atoms with Gasteiger partial charge >= 0.3 is 0 Å². The van der Waals surface area contributed by atoms with Crippen LogP contribution < -0.4 is 10.6 Å². The van der Waals surface area contributed by atoms with Crippen LogP contribution in [0, 0.1) is 17.6 Å². The van der Waals surface area contributed by atoms with Gasteiger partial charge in [-0.1, -0.05) is 0 Å². The van der Waals surface area contributed by atoms with Crippen LogP contribution in [0.5, 0.6) is 0 Å². The quantitative estimate of drug-likeness (QED) is 0.897. The average Bonchev–Trinajstić information content (AvgIpc) is 2.45. The molecule has 3 nitrogen and oxygen atoms in total. The zero-order valence-electron chi connectivity index (χ0n) is 11.6. The van der Waals surface area contributed by atoms with Gasteiger partial charge in [-0.25, -0.2) is 8.78 Å². The van der Waals surface area contributed by atoms with Crippen LogP contribution in [0.2, 0.25) is 0 Å². The lowest BCUT2D eigenvalue weighted by atomic mass is 9.91. The van der Waals surface area contributed by atoms with E-state index in [2.05, 4.69) is 9.80 Å². The minimum Gasteiger partial charge on any atom is -0.369 e. The summed E-state index contributed by atoms with van der Waals surface area (Å²) in [7, 11) is 0. The van der Waals surface area contributed by atoms with E-state index in [9.17, 15) is 8.78 Å². The van der Waals surface area contributed by atoms with Crippen LogP contribution in [-0.4, -0.2) is 43.7 Å². The highest BCUT2D eigenvalue weighted by Crippen LogP contribution is 2.27. The molecular weight excluding hydrogens is 260 g/mol. The van der Waals surface area contributed by atoms with E-state index in [0.717, 1.165) is 51.6 Å². The molecule has 2 aliphatic heterocycles. The lowest BCUT2D eigenvalue weighted by molar-refractivity contribution is 0.0984. The number of nitrogens with two attached hydrogens (primary N) is 1. The molecule has 2 fully saturated rings. The largest absolute Gasteiger partial charge is 0.369 e. The van der Waals surface area contributed by atoms with Crippen molar-refractivity contribution < 1.29 is 8.78 Å². The molecule has 3 rings (SSSR count). The molecule has 0 radical (unpaired) electrons. The smallest absolute Gasteiger partial charge is 0.128 e. The molecule has 20 heavy (non-hydrogen) atoms. The van der Waals surface area contributed by atoms with Gasteiger partial charge in [-0.15, -0.1) is 0 Å². The predicted molar refractivity (Wildman–Crippen MR) is 75.7 cm³/mol. The van der Waals surface area contributed by atoms with Crippen molar-refractivity contribution in [2.24, 2.45) is 11.7 Å². The number of halogens is 2. The van der Waals surface area contributed by atoms with Gasteiger partial charge in [0.1, 0.15) is 11.6 Å². The van der Waals surface area contributed by atoms with Crippen LogP contribution in [-0.2, 0) is 0 Å². The molecule has 110 valence electrons. The molecule has 0 spiro atoms. The average molecular weight is 281 g/mol. The SMILES string of the molecule is NC[C@H]1CC[C@H]2CN(c3cc(F)cc(F)c3)CCN2C1. The third-order valence-electron chi connectivity index (χ3n) is 4.55. The van der Waals surface area contributed by atoms with Gasteiger partial charge in [0.2, 0.25) is 0 Å². The summed E-state index contributed by atoms with van der Waals surface area (Å²) in [6.45, 7) is 4.42. The zero-order chi connectivity index (χ0) is 14.1. The van der Waals surface area contributed by atoms with Gasteiger partial charge < -0.3 is 10.6 Å². The molecular formula is C15H21F2N3. The third-order valence-corrected chi connectivity index (χ3v) is 4.55. The molecule has 2 heterocycles. The standard InChI is InChI=1S/C15H21F2N3/c16-12-5-13(17)7-15(6-12)20-4-3-19-9-11(8-18)1-2-14(19)10-20/h5-7,11,14H,1-4,8-10,18H2/t11-,14+/m1/s1. The normalized spacial score (nSPS) is 27.4. The van der Waals surface area contributed by atoms with Crippen molar-refractivity contribution in [3.05, 3.63) is 29.8 Å². The number of rotatable bonds is 2. The minimum absolute atomic E-state index is 0.484. The van der Waals surface area contributed by atoms with E-state index in [4.69, 9.17) is 5.73 Å². The molecule has 1 aromatic carbocycles. The van der Waals surface area contributed by atoms with E-state index in [0.29, 0.717) is 17.6 Å². The molecule has 0 amide bonds. The summed E-state index contributed by atoms with van der Waals surface area (Å²) in [4.78, 5) is 4.57. The first kappa shape index (κ1) is 13.8. The van der Waals surface area contributed by atoms with Gasteiger partial charge in [-0.2, -0.15) is 0 Å². The lowest BCUT2D eigenvalue weighted by Crippen LogP contribution is -2.57. The Morgan fingerprint density at radius 1 is 1.05 bits per heavy atom. The molecule has 2 saturated heterocycles. The maximum absolute atomic E-state index is 13.3. The van der Waals surface area contributed by atoms with E-state index >= 15 is 0 Å². The number of hydrogen-bond donors (Lipinski definition) is 1. The van der Waals surface area contributed by atoms with Crippen molar-refractivity contribution >= 4 is 5.69 Å². The Morgan fingerprint density at radius 2 is 1.80 bits per heavy atom. The van der Waals surface area contributed by atoms with Crippen molar-refractivity contribution in [3.8, 4) is 0 Å². The molecule has 0 bridgehead atoms. The first-order valence-corrected chi connectivity index (χ1v) is 7.31. The van der Waals surface area contributed by atoms with Gasteiger partial charge in [0, 0.05) is 44.0 Å². The summed E-state index contributed by atoms with van der Waals surface area (Å²) in [6.07, 6.45) is 2.28. The maximum atomic E-state index is 13.3. The monoisotopic (exact) mass is 281 g/mol. The van der Waals surface area contributed by atoms with Crippen molar-refractivity contribution in [2.45, 2.75) is 18.9 Å². The highest BCUT2D eigenvalue weighted by molar-refractivity contribution is 5.47. The van der Waals surface area contributed by atoms with E-state index < -0.39 is 11.6 Å². The number of nitrogens with zero attached hydrogens (tertiary/aromatic N) is 2. The zero-order valence-corrected chi connectivity index (χ0v) is 11.6. The Hall–Kier alpha value is -1.20. The lowest BCUT2D eigenvalue weighted by Gasteiger charge is -2.47. The van der Waals surface area contributed by atoms with Crippen LogP contribution >= 0.6 is 0 Å². The molecule has 2 N–H and O–H groups in total. The van der Waals surface area contributed by atoms with Gasteiger partial charge in [0.25, 0.3) is 0 Å². The molecule has 5 heteroatoms. The highest BCUT2D eigenvalue weighted by atomic mass is 19.1. The van der Waals surface area contributed by atoms with Crippen LogP contribution in [0.1, 0.15) is 12.8 Å². The summed E-state index contributed by atoms with van der Waals surface area (Å²) in [5.41, 5.74) is 6.41. The number of hydrogen-bond acceptors (Lipinski definition) is 3. The summed E-state index contributed by atoms with van der Waals surface area (Å²) < 4.78 is 26.6. The summed E-state index contributed by atoms with van der Waals surface area (Å²) in [6, 6.07) is 4.25. The number of fused-ring (bicyclic) bond motifs is 1. The summed E-state index contributed by atoms with van der Waals surface area (Å²) >= 11 is 0. The molecule has 0 saturated carbocycles. The Balaban J connectivity index is 1.70. The number of benzene rings is 1. The van der Waals surface area contributed by atoms with Gasteiger partial charge in [0.15, 0.2) is 0 Å². The highest BCUT2D eigenvalue weighted by Gasteiger charge is 2.32. The fourth-order valence-corrected chi connectivity index (χ4v) is 3.41. The van der Waals surface area contributed by atoms with Gasteiger partial charge in [-0.05, 0) is 37.4 Å². The molecule has 0 aromatic heterocycles. The van der Waals surface area contributed by atoms with Crippen molar-refractivity contribution in [1.29, 1.82) is 0 Å². The van der Waals surface area contributed by atoms with E-state index in [1.54, 1.807) is 0 Å². The van der Waals surface area contributed by atoms with Gasteiger partial charge in [0.05, 0.1) is 0 Å². The molecule has 0 aliphatic carbocycles. The summed E-state index contributed by atoms with van der Waals surface area (Å²) in [5.74, 6) is -0.409. The van der Waals surface area contributed by atoms with Crippen molar-refractivity contribution in [2.75, 3.05) is 37.6 Å². The topological polar surface area (TPSA) is 32.5 Å². The van der Waals surface area contributed by atoms with Crippen LogP contribution in [0.15, 0.2) is 18.2 Å². The second-order valence-electron chi connectivity index (χ2n) is 5.90. The first-order chi connectivity index (χ1) is 9.65. The van der Waals surface area contributed by atoms with Crippen LogP contribution in [0.4, 0.5) is 14.5 Å². The summed E-state index contributed by atoms with van der Waals surface area (Å²) in [5, 5.41) is 0. The third kappa shape index (κ3) is 2.79. The number of piperidine rings is 1. The maximum Gasteiger partial charge on any atom is 0.128 e. The molecule has 0 unspecified atom stereocenters. The van der Waals surface area contributed by atoms with E-state index in [1.165, 1.54) is 12.1 Å². The second-order valence-corrected chi connectivity index (χ2v) is 5.90. The van der Waals surface area contributed by atoms with E-state index in [1.807, 2.05) is 0 Å². The predicted octanol–water partition coefficient (Wildman–Crippen LogP) is 1.82. The fourth-order valence-electron chi connectivity index (χ4n) is 3.41. The Labute approximate surface area is 118 Å². The Kier molecular flexibility index (Phi) is 3.89. The van der Waals surface area contributed by atoms with Crippen LogP contribution in [0.3, 0.4) is 0 Å². The Morgan fingerprint density at radius 3 is 2.50 bits per heavy atom. The first-order valence-electron chi connectivity index (χ1n) is 7.31. The number of piperazine rings is 1. The Bertz CT molecular complexity index is 460. The molecule has 1 aromatic rings. The van der Waals surface area contributed by atoms with Gasteiger partial charge in [-0.3, -0.25) is 4.90 Å². The van der Waals surface area contributed by atoms with Crippen molar-refractivity contribution in [3.63, 3.8) is 0 Å². The second kappa shape index (κ2) is 5.66.